The van der Waals surface area contributed by atoms with Crippen LogP contribution in [0, 0.1) is 0 Å². The van der Waals surface area contributed by atoms with E-state index in [0.29, 0.717) is 11.3 Å². The average molecular weight is 565 g/mol. The molecule has 0 aliphatic rings. The summed E-state index contributed by atoms with van der Waals surface area (Å²) in [5, 5.41) is 3.00. The lowest BCUT2D eigenvalue weighted by atomic mass is 10.1. The van der Waals surface area contributed by atoms with E-state index in [9.17, 15) is 18.0 Å². The van der Waals surface area contributed by atoms with E-state index in [-0.39, 0.29) is 39.2 Å². The Morgan fingerprint density at radius 1 is 1.03 bits per heavy atom. The second-order valence-corrected chi connectivity index (χ2v) is 11.3. The quantitative estimate of drug-likeness (QED) is 0.433. The second kappa shape index (κ2) is 12.2. The molecule has 2 aromatic carbocycles. The molecule has 0 spiro atoms. The molecule has 0 aliphatic heterocycles. The summed E-state index contributed by atoms with van der Waals surface area (Å²) in [5.41, 5.74) is 0.693. The van der Waals surface area contributed by atoms with Gasteiger partial charge in [-0.15, -0.1) is 0 Å². The van der Waals surface area contributed by atoms with Gasteiger partial charge in [-0.05, 0) is 50.6 Å². The first-order valence-electron chi connectivity index (χ1n) is 10.6. The lowest BCUT2D eigenvalue weighted by Crippen LogP contribution is -2.52. The van der Waals surface area contributed by atoms with Gasteiger partial charge in [0.05, 0.1) is 34.1 Å². The Kier molecular flexibility index (Phi) is 10.1. The van der Waals surface area contributed by atoms with Gasteiger partial charge in [0, 0.05) is 12.6 Å². The molecule has 0 fully saturated rings. The predicted octanol–water partition coefficient (Wildman–Crippen LogP) is 4.36. The predicted molar refractivity (Wildman–Crippen MR) is 140 cm³/mol. The van der Waals surface area contributed by atoms with Crippen molar-refractivity contribution >= 4 is 62.3 Å². The third-order valence-electron chi connectivity index (χ3n) is 5.02. The Morgan fingerprint density at radius 3 is 2.23 bits per heavy atom. The first-order valence-corrected chi connectivity index (χ1v) is 13.6. The maximum absolute atomic E-state index is 13.5. The van der Waals surface area contributed by atoms with Gasteiger partial charge >= 0.3 is 0 Å². The van der Waals surface area contributed by atoms with Crippen molar-refractivity contribution in [3.63, 3.8) is 0 Å². The number of rotatable bonds is 10. The maximum atomic E-state index is 13.5. The molecule has 0 unspecified atom stereocenters. The summed E-state index contributed by atoms with van der Waals surface area (Å²) in [5.74, 6) is -0.420. The van der Waals surface area contributed by atoms with E-state index >= 15 is 0 Å². The first-order chi connectivity index (χ1) is 16.2. The van der Waals surface area contributed by atoms with Crippen molar-refractivity contribution in [3.05, 3.63) is 57.0 Å². The van der Waals surface area contributed by atoms with Gasteiger partial charge in [-0.2, -0.15) is 0 Å². The average Bonchev–Trinajstić information content (AvgIpc) is 2.76. The molecule has 0 bridgehead atoms. The highest BCUT2D eigenvalue weighted by atomic mass is 35.5. The first kappa shape index (κ1) is 29.0. The van der Waals surface area contributed by atoms with Crippen LogP contribution in [0.1, 0.15) is 26.3 Å². The Bertz CT molecular complexity index is 1190. The number of ether oxygens (including phenoxy) is 1. The van der Waals surface area contributed by atoms with Crippen molar-refractivity contribution < 1.29 is 22.7 Å². The molecular formula is C23H28Cl3N3O5S. The van der Waals surface area contributed by atoms with Crippen LogP contribution in [0.4, 0.5) is 5.69 Å². The maximum Gasteiger partial charge on any atom is 0.244 e. The molecule has 8 nitrogen and oxygen atoms in total. The lowest BCUT2D eigenvalue weighted by Gasteiger charge is -2.32. The van der Waals surface area contributed by atoms with E-state index < -0.39 is 28.5 Å². The molecule has 0 saturated carbocycles. The van der Waals surface area contributed by atoms with Crippen LogP contribution in [0.5, 0.6) is 5.75 Å². The van der Waals surface area contributed by atoms with Gasteiger partial charge in [-0.1, -0.05) is 46.9 Å². The summed E-state index contributed by atoms with van der Waals surface area (Å²) in [4.78, 5) is 27.6. The van der Waals surface area contributed by atoms with Gasteiger partial charge in [-0.25, -0.2) is 8.42 Å². The molecular weight excluding hydrogens is 537 g/mol. The molecule has 192 valence electrons. The van der Waals surface area contributed by atoms with E-state index in [1.54, 1.807) is 45.0 Å². The number of nitrogens with zero attached hydrogens (tertiary/aromatic N) is 2. The van der Waals surface area contributed by atoms with Crippen molar-refractivity contribution in [1.82, 2.24) is 10.2 Å². The number of benzene rings is 2. The zero-order valence-electron chi connectivity index (χ0n) is 20.0. The number of sulfonamides is 1. The molecule has 2 rings (SSSR count). The molecule has 0 saturated heterocycles. The van der Waals surface area contributed by atoms with Gasteiger partial charge in [0.25, 0.3) is 0 Å². The van der Waals surface area contributed by atoms with Gasteiger partial charge in [0.2, 0.25) is 21.8 Å². The molecule has 0 radical (unpaired) electrons. The molecule has 2 amide bonds. The summed E-state index contributed by atoms with van der Waals surface area (Å²) in [6, 6.07) is 8.55. The van der Waals surface area contributed by atoms with Crippen molar-refractivity contribution in [2.75, 3.05) is 24.2 Å². The zero-order chi connectivity index (χ0) is 26.5. The van der Waals surface area contributed by atoms with Gasteiger partial charge in [-0.3, -0.25) is 13.9 Å². The standard InChI is InChI=1S/C23H28Cl3N3O5S/c1-14(2)27-23(31)15(3)28(12-16-7-6-8-17(9-16)34-4)22(30)13-29(35(5,32)33)21-11-19(25)18(24)10-20(21)26/h6-11,14-15H,12-13H2,1-5H3,(H,27,31)/t15-/m1/s1. The highest BCUT2D eigenvalue weighted by Gasteiger charge is 2.31. The third-order valence-corrected chi connectivity index (χ3v) is 7.17. The number of anilines is 1. The minimum atomic E-state index is -3.97. The number of hydrogen-bond donors (Lipinski definition) is 1. The zero-order valence-corrected chi connectivity index (χ0v) is 23.1. The van der Waals surface area contributed by atoms with Crippen LogP contribution in [0.25, 0.3) is 0 Å². The molecule has 0 aromatic heterocycles. The summed E-state index contributed by atoms with van der Waals surface area (Å²) >= 11 is 18.3. The Labute approximate surface area is 221 Å². The Balaban J connectivity index is 2.47. The summed E-state index contributed by atoms with van der Waals surface area (Å²) in [7, 11) is -2.45. The molecule has 35 heavy (non-hydrogen) atoms. The number of halogens is 3. The highest BCUT2D eigenvalue weighted by Crippen LogP contribution is 2.35. The summed E-state index contributed by atoms with van der Waals surface area (Å²) in [6.07, 6.45) is 0.945. The number of hydrogen-bond acceptors (Lipinski definition) is 5. The van der Waals surface area contributed by atoms with Crippen molar-refractivity contribution in [1.29, 1.82) is 0 Å². The van der Waals surface area contributed by atoms with Gasteiger partial charge < -0.3 is 15.0 Å². The molecule has 2 aromatic rings. The highest BCUT2D eigenvalue weighted by molar-refractivity contribution is 7.92. The van der Waals surface area contributed by atoms with Crippen molar-refractivity contribution in [3.8, 4) is 5.75 Å². The second-order valence-electron chi connectivity index (χ2n) is 8.20. The largest absolute Gasteiger partial charge is 0.497 e. The molecule has 1 N–H and O–H groups in total. The Morgan fingerprint density at radius 2 is 1.66 bits per heavy atom. The normalized spacial score (nSPS) is 12.3. The fraction of sp³-hybridized carbons (Fsp3) is 0.391. The van der Waals surface area contributed by atoms with E-state index in [0.717, 1.165) is 10.6 Å². The fourth-order valence-corrected chi connectivity index (χ4v) is 4.80. The Hall–Kier alpha value is -2.20. The van der Waals surface area contributed by atoms with Crippen molar-refractivity contribution in [2.45, 2.75) is 39.4 Å². The minimum Gasteiger partial charge on any atom is -0.497 e. The summed E-state index contributed by atoms with van der Waals surface area (Å²) in [6.45, 7) is 4.61. The van der Waals surface area contributed by atoms with Gasteiger partial charge in [0.15, 0.2) is 0 Å². The molecule has 12 heteroatoms. The van der Waals surface area contributed by atoms with Crippen LogP contribution in [0.2, 0.25) is 15.1 Å². The summed E-state index contributed by atoms with van der Waals surface area (Å²) < 4.78 is 31.4. The minimum absolute atomic E-state index is 0.00229. The van der Waals surface area contributed by atoms with E-state index in [1.807, 2.05) is 0 Å². The van der Waals surface area contributed by atoms with Crippen LogP contribution in [-0.2, 0) is 26.2 Å². The number of nitrogens with one attached hydrogen (secondary N) is 1. The molecule has 1 atom stereocenters. The lowest BCUT2D eigenvalue weighted by molar-refractivity contribution is -0.139. The number of amides is 2. The number of carbonyl (C=O) groups is 2. The fourth-order valence-electron chi connectivity index (χ4n) is 3.25. The van der Waals surface area contributed by atoms with E-state index in [1.165, 1.54) is 24.1 Å². The van der Waals surface area contributed by atoms with Crippen LogP contribution in [0.15, 0.2) is 36.4 Å². The molecule has 0 heterocycles. The van der Waals surface area contributed by atoms with Crippen LogP contribution in [-0.4, -0.2) is 57.1 Å². The van der Waals surface area contributed by atoms with E-state index in [2.05, 4.69) is 5.32 Å². The van der Waals surface area contributed by atoms with Gasteiger partial charge in [0.1, 0.15) is 18.3 Å². The topological polar surface area (TPSA) is 96.0 Å². The smallest absolute Gasteiger partial charge is 0.244 e. The van der Waals surface area contributed by atoms with Crippen LogP contribution in [0.3, 0.4) is 0 Å². The van der Waals surface area contributed by atoms with E-state index in [4.69, 9.17) is 39.5 Å². The van der Waals surface area contributed by atoms with Crippen LogP contribution < -0.4 is 14.4 Å². The molecule has 0 aliphatic carbocycles. The van der Waals surface area contributed by atoms with Crippen molar-refractivity contribution in [2.24, 2.45) is 0 Å². The number of methoxy groups -OCH3 is 1. The third kappa shape index (κ3) is 7.90. The monoisotopic (exact) mass is 563 g/mol. The number of carbonyl (C=O) groups excluding carboxylic acids is 2. The van der Waals surface area contributed by atoms with Crippen LogP contribution >= 0.6 is 34.8 Å². The SMILES string of the molecule is COc1cccc(CN(C(=O)CN(c2cc(Cl)c(Cl)cc2Cl)S(C)(=O)=O)[C@H](C)C(=O)NC(C)C)c1.